The molecule has 4 bridgehead atoms. The highest BCUT2D eigenvalue weighted by Gasteiger charge is 2.53. The van der Waals surface area contributed by atoms with Crippen LogP contribution in [0, 0.1) is 33.3 Å². The summed E-state index contributed by atoms with van der Waals surface area (Å²) >= 11 is 5.83. The Labute approximate surface area is 185 Å². The van der Waals surface area contributed by atoms with Gasteiger partial charge in [0.1, 0.15) is 18.1 Å². The van der Waals surface area contributed by atoms with E-state index in [4.69, 9.17) is 20.8 Å². The summed E-state index contributed by atoms with van der Waals surface area (Å²) in [6, 6.07) is 7.78. The van der Waals surface area contributed by atoms with Crippen LogP contribution in [0.25, 0.3) is 6.08 Å². The lowest BCUT2D eigenvalue weighted by Crippen LogP contribution is -2.49. The molecule has 0 N–H and O–H groups in total. The second-order valence-corrected chi connectivity index (χ2v) is 9.79. The number of hydrogen-bond donors (Lipinski definition) is 0. The Morgan fingerprint density at radius 2 is 1.84 bits per heavy atom. The second kappa shape index (κ2) is 7.83. The number of ether oxygens (including phenoxy) is 1. The van der Waals surface area contributed by atoms with Gasteiger partial charge < -0.3 is 9.15 Å². The topological polar surface area (TPSA) is 82.6 Å². The van der Waals surface area contributed by atoms with Gasteiger partial charge in [0, 0.05) is 16.5 Å². The third-order valence-electron chi connectivity index (χ3n) is 7.13. The van der Waals surface area contributed by atoms with Gasteiger partial charge in [-0.3, -0.25) is 14.9 Å². The number of nitro benzene ring substituents is 1. The minimum Gasteiger partial charge on any atom is -0.479 e. The lowest BCUT2D eigenvalue weighted by molar-refractivity contribution is -0.385. The van der Waals surface area contributed by atoms with Crippen molar-refractivity contribution in [2.24, 2.45) is 23.2 Å². The number of rotatable bonds is 7. The van der Waals surface area contributed by atoms with E-state index in [1.165, 1.54) is 37.5 Å². The minimum absolute atomic E-state index is 0.0409. The maximum Gasteiger partial charge on any atom is 0.312 e. The second-order valence-electron chi connectivity index (χ2n) is 9.36. The fraction of sp³-hybridized carbons (Fsp3) is 0.458. The van der Waals surface area contributed by atoms with E-state index in [1.54, 1.807) is 24.3 Å². The molecule has 4 aliphatic carbocycles. The van der Waals surface area contributed by atoms with Gasteiger partial charge in [-0.1, -0.05) is 11.6 Å². The number of carbonyl (C=O) groups is 1. The molecule has 0 aliphatic heterocycles. The Morgan fingerprint density at radius 1 is 1.16 bits per heavy atom. The molecular weight excluding hydrogens is 418 g/mol. The van der Waals surface area contributed by atoms with E-state index >= 15 is 0 Å². The van der Waals surface area contributed by atoms with Gasteiger partial charge >= 0.3 is 5.69 Å². The highest BCUT2D eigenvalue weighted by Crippen LogP contribution is 2.60. The van der Waals surface area contributed by atoms with Crippen LogP contribution < -0.4 is 4.74 Å². The van der Waals surface area contributed by atoms with Gasteiger partial charge in [0.15, 0.2) is 11.5 Å². The van der Waals surface area contributed by atoms with Gasteiger partial charge in [0.05, 0.1) is 4.92 Å². The van der Waals surface area contributed by atoms with Crippen LogP contribution in [0.4, 0.5) is 5.69 Å². The number of furan rings is 1. The molecule has 31 heavy (non-hydrogen) atoms. The number of allylic oxidation sites excluding steroid dienone is 1. The lowest BCUT2D eigenvalue weighted by Gasteiger charge is -2.55. The predicted molar refractivity (Wildman–Crippen MR) is 116 cm³/mol. The fourth-order valence-corrected chi connectivity index (χ4v) is 6.38. The van der Waals surface area contributed by atoms with Crippen LogP contribution in [0.1, 0.15) is 50.0 Å². The number of nitro groups is 1. The van der Waals surface area contributed by atoms with Crippen LogP contribution in [0.5, 0.6) is 5.75 Å². The van der Waals surface area contributed by atoms with Crippen molar-refractivity contribution in [3.8, 4) is 5.75 Å². The molecule has 4 fully saturated rings. The van der Waals surface area contributed by atoms with Crippen molar-refractivity contribution in [1.82, 2.24) is 0 Å². The summed E-state index contributed by atoms with van der Waals surface area (Å²) in [4.78, 5) is 23.7. The lowest BCUT2D eigenvalue weighted by atomic mass is 9.48. The Bertz CT molecular complexity index is 1020. The molecule has 7 heteroatoms. The molecule has 1 heterocycles. The molecule has 1 aromatic heterocycles. The molecule has 0 unspecified atom stereocenters. The van der Waals surface area contributed by atoms with E-state index in [0.29, 0.717) is 11.5 Å². The Kier molecular flexibility index (Phi) is 5.13. The molecule has 4 aliphatic rings. The summed E-state index contributed by atoms with van der Waals surface area (Å²) in [5.74, 6) is 3.64. The summed E-state index contributed by atoms with van der Waals surface area (Å²) in [6.07, 6.45) is 10.5. The zero-order valence-corrected chi connectivity index (χ0v) is 17.8. The van der Waals surface area contributed by atoms with E-state index in [1.807, 2.05) is 0 Å². The van der Waals surface area contributed by atoms with Crippen molar-refractivity contribution in [3.63, 3.8) is 0 Å². The third-order valence-corrected chi connectivity index (χ3v) is 7.37. The van der Waals surface area contributed by atoms with E-state index in [0.717, 1.165) is 37.0 Å². The van der Waals surface area contributed by atoms with Crippen molar-refractivity contribution in [3.05, 3.63) is 63.1 Å². The highest BCUT2D eigenvalue weighted by atomic mass is 35.5. The molecule has 6 rings (SSSR count). The summed E-state index contributed by atoms with van der Waals surface area (Å²) < 4.78 is 11.3. The van der Waals surface area contributed by atoms with Gasteiger partial charge in [-0.25, -0.2) is 0 Å². The van der Waals surface area contributed by atoms with Crippen molar-refractivity contribution in [1.29, 1.82) is 0 Å². The van der Waals surface area contributed by atoms with Gasteiger partial charge in [0.25, 0.3) is 0 Å². The first-order valence-corrected chi connectivity index (χ1v) is 11.2. The first kappa shape index (κ1) is 20.3. The van der Waals surface area contributed by atoms with Gasteiger partial charge in [-0.2, -0.15) is 0 Å². The van der Waals surface area contributed by atoms with Gasteiger partial charge in [-0.05, 0) is 92.7 Å². The fourth-order valence-electron chi connectivity index (χ4n) is 6.21. The standard InChI is InChI=1S/C24H24ClNO5/c25-18-1-5-22(21(10-18)26(28)29)30-14-20-3-2-19(31-20)4-6-23(27)24-11-15-7-16(12-24)9-17(8-15)13-24/h1-6,10,15-17H,7-9,11-14H2/b6-4+. The molecule has 162 valence electrons. The van der Waals surface area contributed by atoms with Crippen molar-refractivity contribution >= 4 is 29.1 Å². The molecule has 0 radical (unpaired) electrons. The smallest absolute Gasteiger partial charge is 0.312 e. The highest BCUT2D eigenvalue weighted by molar-refractivity contribution is 6.30. The summed E-state index contributed by atoms with van der Waals surface area (Å²) in [6.45, 7) is 0.0409. The maximum absolute atomic E-state index is 13.1. The summed E-state index contributed by atoms with van der Waals surface area (Å²) in [5, 5.41) is 11.4. The van der Waals surface area contributed by atoms with Gasteiger partial charge in [-0.15, -0.1) is 0 Å². The zero-order valence-electron chi connectivity index (χ0n) is 17.1. The third kappa shape index (κ3) is 4.01. The number of nitrogens with zero attached hydrogens (tertiary/aromatic N) is 1. The normalized spacial score (nSPS) is 28.9. The molecule has 0 atom stereocenters. The molecular formula is C24H24ClNO5. The monoisotopic (exact) mass is 441 g/mol. The Hall–Kier alpha value is -2.60. The number of ketones is 1. The van der Waals surface area contributed by atoms with Crippen molar-refractivity contribution < 1.29 is 18.9 Å². The van der Waals surface area contributed by atoms with E-state index < -0.39 is 4.92 Å². The number of hydrogen-bond acceptors (Lipinski definition) is 5. The average Bonchev–Trinajstić information content (AvgIpc) is 3.18. The van der Waals surface area contributed by atoms with Gasteiger partial charge in [0.2, 0.25) is 0 Å². The molecule has 6 nitrogen and oxygen atoms in total. The molecule has 0 spiro atoms. The number of benzene rings is 1. The first-order valence-electron chi connectivity index (χ1n) is 10.8. The molecule has 4 saturated carbocycles. The van der Waals surface area contributed by atoms with Crippen LogP contribution >= 0.6 is 11.6 Å². The first-order chi connectivity index (χ1) is 14.9. The molecule has 0 saturated heterocycles. The Morgan fingerprint density at radius 3 is 2.48 bits per heavy atom. The van der Waals surface area contributed by atoms with Crippen LogP contribution in [0.2, 0.25) is 5.02 Å². The summed E-state index contributed by atoms with van der Waals surface area (Å²) in [5.41, 5.74) is -0.350. The molecule has 0 amide bonds. The quantitative estimate of drug-likeness (QED) is 0.289. The van der Waals surface area contributed by atoms with Crippen molar-refractivity contribution in [2.75, 3.05) is 0 Å². The van der Waals surface area contributed by atoms with E-state index in [9.17, 15) is 14.9 Å². The van der Waals surface area contributed by atoms with E-state index in [2.05, 4.69) is 0 Å². The van der Waals surface area contributed by atoms with Crippen LogP contribution in [0.3, 0.4) is 0 Å². The number of halogens is 1. The Balaban J connectivity index is 1.23. The van der Waals surface area contributed by atoms with E-state index in [-0.39, 0.29) is 34.3 Å². The maximum atomic E-state index is 13.1. The zero-order chi connectivity index (χ0) is 21.6. The van der Waals surface area contributed by atoms with Crippen molar-refractivity contribution in [2.45, 2.75) is 45.1 Å². The predicted octanol–water partition coefficient (Wildman–Crippen LogP) is 6.22. The minimum atomic E-state index is -0.534. The average molecular weight is 442 g/mol. The SMILES string of the molecule is O=C(/C=C/c1ccc(COc2ccc(Cl)cc2[N+](=O)[O-])o1)C12CC3CC(CC(C3)C1)C2. The summed E-state index contributed by atoms with van der Waals surface area (Å²) in [7, 11) is 0. The molecule has 2 aromatic rings. The molecule has 1 aromatic carbocycles. The van der Waals surface area contributed by atoms with Crippen LogP contribution in [0.15, 0.2) is 40.8 Å². The number of carbonyl (C=O) groups excluding carboxylic acids is 1. The van der Waals surface area contributed by atoms with Crippen LogP contribution in [-0.4, -0.2) is 10.7 Å². The largest absolute Gasteiger partial charge is 0.479 e. The van der Waals surface area contributed by atoms with Crippen LogP contribution in [-0.2, 0) is 11.4 Å².